The van der Waals surface area contributed by atoms with Gasteiger partial charge in [-0.15, -0.1) is 9.24 Å². The third-order valence-electron chi connectivity index (χ3n) is 3.44. The maximum atomic E-state index is 12.2. The van der Waals surface area contributed by atoms with Crippen LogP contribution >= 0.6 is 9.24 Å². The van der Waals surface area contributed by atoms with Gasteiger partial charge >= 0.3 is 0 Å². The molecule has 1 saturated heterocycles. The highest BCUT2D eigenvalue weighted by molar-refractivity contribution is 7.27. The maximum Gasteiger partial charge on any atom is 0.227 e. The van der Waals surface area contributed by atoms with Crippen LogP contribution in [-0.2, 0) is 9.53 Å². The molecule has 0 spiro atoms. The molecule has 1 aliphatic rings. The van der Waals surface area contributed by atoms with Crippen LogP contribution in [0.1, 0.15) is 39.2 Å². The van der Waals surface area contributed by atoms with Crippen LogP contribution in [0.4, 0.5) is 5.69 Å². The van der Waals surface area contributed by atoms with Gasteiger partial charge in [-0.3, -0.25) is 4.79 Å². The zero-order chi connectivity index (χ0) is 15.6. The van der Waals surface area contributed by atoms with E-state index in [0.29, 0.717) is 24.3 Å². The lowest BCUT2D eigenvalue weighted by Crippen LogP contribution is -2.39. The number of carbonyl (C=O) groups excluding carboxylic acids is 1. The first-order chi connectivity index (χ1) is 9.81. The van der Waals surface area contributed by atoms with Gasteiger partial charge in [-0.1, -0.05) is 6.07 Å². The number of carbonyl (C=O) groups is 1. The van der Waals surface area contributed by atoms with Crippen LogP contribution in [0.5, 0.6) is 0 Å². The summed E-state index contributed by atoms with van der Waals surface area (Å²) in [6, 6.07) is 7.65. The largest absolute Gasteiger partial charge is 0.374 e. The molecule has 0 aliphatic carbocycles. The molecule has 1 fully saturated rings. The Bertz CT molecular complexity index is 587. The average molecular weight is 304 g/mol. The van der Waals surface area contributed by atoms with Crippen molar-refractivity contribution >= 4 is 26.1 Å². The second-order valence-corrected chi connectivity index (χ2v) is 6.93. The van der Waals surface area contributed by atoms with Crippen molar-refractivity contribution in [3.05, 3.63) is 23.8 Å². The fourth-order valence-corrected chi connectivity index (χ4v) is 2.67. The Labute approximate surface area is 128 Å². The monoisotopic (exact) mass is 304 g/mol. The second-order valence-electron chi connectivity index (χ2n) is 6.27. The molecule has 1 aromatic rings. The molecule has 1 amide bonds. The third kappa shape index (κ3) is 3.81. The highest BCUT2D eigenvalue weighted by Crippen LogP contribution is 2.30. The van der Waals surface area contributed by atoms with Crippen molar-refractivity contribution in [2.24, 2.45) is 0 Å². The molecule has 0 N–H and O–H groups in total. The topological polar surface area (TPSA) is 53.3 Å². The molecule has 4 nitrogen and oxygen atoms in total. The van der Waals surface area contributed by atoms with Crippen molar-refractivity contribution in [3.63, 3.8) is 0 Å². The quantitative estimate of drug-likeness (QED) is 0.806. The number of nitriles is 1. The minimum Gasteiger partial charge on any atom is -0.374 e. The molecular weight excluding hydrogens is 283 g/mol. The molecule has 1 aliphatic heterocycles. The lowest BCUT2D eigenvalue weighted by Gasteiger charge is -2.29. The molecule has 1 heterocycles. The summed E-state index contributed by atoms with van der Waals surface area (Å²) in [5.41, 5.74) is 0.977. The first-order valence-electron chi connectivity index (χ1n) is 7.07. The number of amides is 1. The predicted octanol–water partition coefficient (Wildman–Crippen LogP) is 2.37. The predicted molar refractivity (Wildman–Crippen MR) is 86.7 cm³/mol. The minimum absolute atomic E-state index is 0.00405. The number of hydrogen-bond donors (Lipinski definition) is 0. The highest BCUT2D eigenvalue weighted by Gasteiger charge is 2.34. The van der Waals surface area contributed by atoms with Crippen molar-refractivity contribution in [2.45, 2.75) is 45.3 Å². The fraction of sp³-hybridized carbons (Fsp3) is 0.500. The lowest BCUT2D eigenvalue weighted by molar-refractivity contribution is -0.117. The summed E-state index contributed by atoms with van der Waals surface area (Å²) in [7, 11) is 2.60. The van der Waals surface area contributed by atoms with Crippen LogP contribution in [0.15, 0.2) is 18.2 Å². The summed E-state index contributed by atoms with van der Waals surface area (Å²) in [6.45, 7) is 6.48. The van der Waals surface area contributed by atoms with E-state index in [1.807, 2.05) is 32.9 Å². The third-order valence-corrected chi connectivity index (χ3v) is 3.79. The highest BCUT2D eigenvalue weighted by atomic mass is 31.0. The van der Waals surface area contributed by atoms with Gasteiger partial charge in [0.25, 0.3) is 0 Å². The van der Waals surface area contributed by atoms with Gasteiger partial charge in [0, 0.05) is 6.42 Å². The first-order valence-corrected chi connectivity index (χ1v) is 7.65. The molecule has 2 rings (SSSR count). The molecule has 21 heavy (non-hydrogen) atoms. The molecule has 5 heteroatoms. The standard InChI is InChI=1S/C16H21N2O2P/c1-16(2,3)20-10-12-5-7-15(19)18(12)14-8-13(21)6-4-11(14)9-17/h4,6,8,12H,5,7,10,21H2,1-3H3/t12-/m0/s1. The van der Waals surface area contributed by atoms with Gasteiger partial charge < -0.3 is 9.64 Å². The summed E-state index contributed by atoms with van der Waals surface area (Å²) < 4.78 is 5.84. The Morgan fingerprint density at radius 2 is 2.19 bits per heavy atom. The first kappa shape index (κ1) is 15.9. The molecule has 1 unspecified atom stereocenters. The number of nitrogens with zero attached hydrogens (tertiary/aromatic N) is 2. The molecule has 0 radical (unpaired) electrons. The van der Waals surface area contributed by atoms with Crippen LogP contribution < -0.4 is 10.2 Å². The fourth-order valence-electron chi connectivity index (χ4n) is 2.42. The number of anilines is 1. The van der Waals surface area contributed by atoms with Crippen molar-refractivity contribution in [2.75, 3.05) is 11.5 Å². The Morgan fingerprint density at radius 3 is 2.81 bits per heavy atom. The van der Waals surface area contributed by atoms with Crippen LogP contribution in [-0.4, -0.2) is 24.2 Å². The summed E-state index contributed by atoms with van der Waals surface area (Å²) >= 11 is 0. The Balaban J connectivity index is 2.29. The molecular formula is C16H21N2O2P. The van der Waals surface area contributed by atoms with Crippen LogP contribution in [0, 0.1) is 11.3 Å². The van der Waals surface area contributed by atoms with Gasteiger partial charge in [0.05, 0.1) is 29.5 Å². The van der Waals surface area contributed by atoms with E-state index in [1.165, 1.54) is 0 Å². The van der Waals surface area contributed by atoms with E-state index >= 15 is 0 Å². The van der Waals surface area contributed by atoms with Crippen molar-refractivity contribution < 1.29 is 9.53 Å². The van der Waals surface area contributed by atoms with Crippen LogP contribution in [0.2, 0.25) is 0 Å². The number of ether oxygens (including phenoxy) is 1. The summed E-state index contributed by atoms with van der Waals surface area (Å²) in [5.74, 6) is 0.0598. The van der Waals surface area contributed by atoms with Crippen molar-refractivity contribution in [1.29, 1.82) is 5.26 Å². The molecule has 2 atom stereocenters. The van der Waals surface area contributed by atoms with Gasteiger partial charge in [0.2, 0.25) is 5.91 Å². The number of benzene rings is 1. The number of hydrogen-bond acceptors (Lipinski definition) is 3. The molecule has 112 valence electrons. The van der Waals surface area contributed by atoms with E-state index in [9.17, 15) is 10.1 Å². The Morgan fingerprint density at radius 1 is 1.48 bits per heavy atom. The van der Waals surface area contributed by atoms with Crippen LogP contribution in [0.25, 0.3) is 0 Å². The van der Waals surface area contributed by atoms with E-state index in [2.05, 4.69) is 15.3 Å². The van der Waals surface area contributed by atoms with E-state index in [-0.39, 0.29) is 17.6 Å². The molecule has 0 aromatic heterocycles. The summed E-state index contributed by atoms with van der Waals surface area (Å²) in [6.07, 6.45) is 1.27. The lowest BCUT2D eigenvalue weighted by atomic mass is 10.1. The van der Waals surface area contributed by atoms with E-state index in [0.717, 1.165) is 11.7 Å². The summed E-state index contributed by atoms with van der Waals surface area (Å²) in [4.78, 5) is 14.0. The molecule has 0 bridgehead atoms. The minimum atomic E-state index is -0.238. The van der Waals surface area contributed by atoms with Gasteiger partial charge in [0.1, 0.15) is 6.07 Å². The van der Waals surface area contributed by atoms with E-state index in [4.69, 9.17) is 4.74 Å². The van der Waals surface area contributed by atoms with Gasteiger partial charge in [-0.05, 0) is 44.6 Å². The molecule has 1 aromatic carbocycles. The maximum absolute atomic E-state index is 12.2. The van der Waals surface area contributed by atoms with E-state index in [1.54, 1.807) is 11.0 Å². The Kier molecular flexibility index (Phi) is 4.66. The Hall–Kier alpha value is -1.43. The smallest absolute Gasteiger partial charge is 0.227 e. The zero-order valence-corrected chi connectivity index (χ0v) is 13.9. The zero-order valence-electron chi connectivity index (χ0n) is 12.7. The van der Waals surface area contributed by atoms with Crippen molar-refractivity contribution in [3.8, 4) is 6.07 Å². The average Bonchev–Trinajstić information content (AvgIpc) is 2.76. The SMILES string of the molecule is CC(C)(C)OC[C@@H]1CCC(=O)N1c1cc(P)ccc1C#N. The van der Waals surface area contributed by atoms with Crippen LogP contribution in [0.3, 0.4) is 0 Å². The summed E-state index contributed by atoms with van der Waals surface area (Å²) in [5, 5.41) is 10.2. The van der Waals surface area contributed by atoms with Gasteiger partial charge in [-0.2, -0.15) is 5.26 Å². The van der Waals surface area contributed by atoms with E-state index < -0.39 is 0 Å². The van der Waals surface area contributed by atoms with Crippen molar-refractivity contribution in [1.82, 2.24) is 0 Å². The normalized spacial score (nSPS) is 18.9. The number of rotatable bonds is 3. The van der Waals surface area contributed by atoms with Gasteiger partial charge in [-0.25, -0.2) is 0 Å². The van der Waals surface area contributed by atoms with Gasteiger partial charge in [0.15, 0.2) is 0 Å². The molecule has 0 saturated carbocycles. The second kappa shape index (κ2) is 6.13.